The van der Waals surface area contributed by atoms with E-state index in [0.29, 0.717) is 0 Å². The molecule has 0 amide bonds. The van der Waals surface area contributed by atoms with Gasteiger partial charge in [0.1, 0.15) is 0 Å². The molecule has 0 radical (unpaired) electrons. The molecule has 0 aromatic heterocycles. The Bertz CT molecular complexity index is 120. The minimum absolute atomic E-state index is 2.00. The molecule has 0 aliphatic carbocycles. The van der Waals surface area contributed by atoms with Crippen molar-refractivity contribution < 1.29 is 0 Å². The van der Waals surface area contributed by atoms with E-state index in [-0.39, 0.29) is 0 Å². The van der Waals surface area contributed by atoms with Crippen LogP contribution in [0.1, 0.15) is 13.8 Å². The molecule has 0 spiro atoms. The maximum Gasteiger partial charge on any atom is -0.0470 e. The Morgan fingerprint density at radius 1 is 0.600 bits per heavy atom. The van der Waals surface area contributed by atoms with Crippen LogP contribution in [0.25, 0.3) is 0 Å². The topological polar surface area (TPSA) is 0 Å². The van der Waals surface area contributed by atoms with Gasteiger partial charge in [0, 0.05) is 0 Å². The van der Waals surface area contributed by atoms with Crippen LogP contribution < -0.4 is 0 Å². The fourth-order valence-electron chi connectivity index (χ4n) is 0.385. The van der Waals surface area contributed by atoms with Gasteiger partial charge >= 0.3 is 0 Å². The first-order chi connectivity index (χ1) is 4.91. The molecule has 0 fully saturated rings. The smallest absolute Gasteiger partial charge is 0.0470 e. The Labute approximate surface area is 63.2 Å². The summed E-state index contributed by atoms with van der Waals surface area (Å²) < 4.78 is 0. The number of rotatable bonds is 0. The predicted molar refractivity (Wildman–Crippen MR) is 46.9 cm³/mol. The lowest BCUT2D eigenvalue weighted by Crippen LogP contribution is -1.47. The van der Waals surface area contributed by atoms with Crippen molar-refractivity contribution >= 4 is 0 Å². The van der Waals surface area contributed by atoms with Crippen molar-refractivity contribution in [2.24, 2.45) is 0 Å². The zero-order chi connectivity index (χ0) is 7.66. The van der Waals surface area contributed by atoms with Crippen molar-refractivity contribution in [1.29, 1.82) is 0 Å². The molecule has 0 atom stereocenters. The summed E-state index contributed by atoms with van der Waals surface area (Å²) >= 11 is 0. The van der Waals surface area contributed by atoms with Crippen molar-refractivity contribution in [3.8, 4) is 0 Å². The average Bonchev–Trinajstić information content (AvgIpc) is 2.08. The number of benzene rings is 1. The summed E-state index contributed by atoms with van der Waals surface area (Å²) in [6, 6.07) is 12.0. The normalized spacial score (nSPS) is 8.60. The van der Waals surface area contributed by atoms with E-state index in [9.17, 15) is 0 Å². The molecule has 1 aromatic rings. The van der Waals surface area contributed by atoms with E-state index in [1.165, 1.54) is 0 Å². The second-order valence-electron chi connectivity index (χ2n) is 1.82. The predicted octanol–water partition coefficient (Wildman–Crippen LogP) is 3.27. The van der Waals surface area contributed by atoms with Gasteiger partial charge in [0.2, 0.25) is 0 Å². The number of hydrogen-bond acceptors (Lipinski definition) is 0. The van der Waals surface area contributed by atoms with Crippen LogP contribution in [0.5, 0.6) is 0 Å². The van der Waals surface area contributed by atoms with Gasteiger partial charge in [-0.3, -0.25) is 0 Å². The third kappa shape index (κ3) is 6.96. The third-order valence-electron chi connectivity index (χ3n) is 1.00. The quantitative estimate of drug-likeness (QED) is 0.478. The van der Waals surface area contributed by atoms with Gasteiger partial charge in [-0.25, -0.2) is 0 Å². The SMILES string of the molecule is CC=CC.c1ccccc1. The first kappa shape index (κ1) is 8.96. The zero-order valence-corrected chi connectivity index (χ0v) is 6.62. The van der Waals surface area contributed by atoms with Crippen LogP contribution in [0, 0.1) is 0 Å². The van der Waals surface area contributed by atoms with Crippen LogP contribution in [0.4, 0.5) is 0 Å². The van der Waals surface area contributed by atoms with E-state index in [0.717, 1.165) is 0 Å². The van der Waals surface area contributed by atoms with Crippen molar-refractivity contribution in [3.63, 3.8) is 0 Å². The highest BCUT2D eigenvalue weighted by Gasteiger charge is 1.57. The fraction of sp³-hybridized carbons (Fsp3) is 0.200. The Morgan fingerprint density at radius 3 is 0.900 bits per heavy atom. The molecule has 54 valence electrons. The molecule has 10 heavy (non-hydrogen) atoms. The Kier molecular flexibility index (Phi) is 7.13. The van der Waals surface area contributed by atoms with E-state index >= 15 is 0 Å². The van der Waals surface area contributed by atoms with Gasteiger partial charge in [-0.2, -0.15) is 0 Å². The summed E-state index contributed by atoms with van der Waals surface area (Å²) in [7, 11) is 0. The lowest BCUT2D eigenvalue weighted by molar-refractivity contribution is 1.64. The molecular formula is C10H14. The summed E-state index contributed by atoms with van der Waals surface area (Å²) in [6.07, 6.45) is 4.00. The maximum atomic E-state index is 2.00. The maximum absolute atomic E-state index is 2.00. The van der Waals surface area contributed by atoms with Gasteiger partial charge in [-0.15, -0.1) is 0 Å². The second kappa shape index (κ2) is 7.96. The molecule has 0 saturated carbocycles. The summed E-state index contributed by atoms with van der Waals surface area (Å²) in [6.45, 7) is 4.00. The van der Waals surface area contributed by atoms with Crippen molar-refractivity contribution in [2.45, 2.75) is 13.8 Å². The molecule has 1 aromatic carbocycles. The van der Waals surface area contributed by atoms with Gasteiger partial charge in [-0.1, -0.05) is 48.6 Å². The largest absolute Gasteiger partial charge is 0.0919 e. The molecule has 1 rings (SSSR count). The van der Waals surface area contributed by atoms with E-state index in [4.69, 9.17) is 0 Å². The summed E-state index contributed by atoms with van der Waals surface area (Å²) in [5.41, 5.74) is 0. The van der Waals surface area contributed by atoms with Crippen LogP contribution in [-0.2, 0) is 0 Å². The van der Waals surface area contributed by atoms with Crippen molar-refractivity contribution in [3.05, 3.63) is 48.6 Å². The van der Waals surface area contributed by atoms with Crippen LogP contribution in [-0.4, -0.2) is 0 Å². The Hall–Kier alpha value is -1.04. The van der Waals surface area contributed by atoms with Crippen molar-refractivity contribution in [2.75, 3.05) is 0 Å². The highest BCUT2D eigenvalue weighted by atomic mass is 13.6. The van der Waals surface area contributed by atoms with Gasteiger partial charge in [0.15, 0.2) is 0 Å². The van der Waals surface area contributed by atoms with Gasteiger partial charge in [0.05, 0.1) is 0 Å². The standard InChI is InChI=1S/C6H6.C4H8/c1-2-4-6-5-3-1;1-3-4-2/h1-6H;3-4H,1-2H3. The molecule has 0 N–H and O–H groups in total. The first-order valence-corrected chi connectivity index (χ1v) is 3.49. The molecule has 0 aliphatic rings. The fourth-order valence-corrected chi connectivity index (χ4v) is 0.385. The summed E-state index contributed by atoms with van der Waals surface area (Å²) in [4.78, 5) is 0. The molecule has 0 aliphatic heterocycles. The first-order valence-electron chi connectivity index (χ1n) is 3.49. The highest BCUT2D eigenvalue weighted by molar-refractivity contribution is 4.99. The third-order valence-corrected chi connectivity index (χ3v) is 1.00. The molecule has 0 heterocycles. The lowest BCUT2D eigenvalue weighted by atomic mass is 10.4. The highest BCUT2D eigenvalue weighted by Crippen LogP contribution is 1.79. The number of hydrogen-bond donors (Lipinski definition) is 0. The minimum atomic E-state index is 2.00. The molecule has 0 unspecified atom stereocenters. The Balaban J connectivity index is 0.000000180. The van der Waals surface area contributed by atoms with Crippen LogP contribution in [0.3, 0.4) is 0 Å². The molecule has 0 nitrogen and oxygen atoms in total. The monoisotopic (exact) mass is 134 g/mol. The Morgan fingerprint density at radius 2 is 0.800 bits per heavy atom. The summed E-state index contributed by atoms with van der Waals surface area (Å²) in [5.74, 6) is 0. The zero-order valence-electron chi connectivity index (χ0n) is 6.62. The minimum Gasteiger partial charge on any atom is -0.0919 e. The average molecular weight is 134 g/mol. The molecular weight excluding hydrogens is 120 g/mol. The van der Waals surface area contributed by atoms with E-state index < -0.39 is 0 Å². The van der Waals surface area contributed by atoms with Gasteiger partial charge in [0.25, 0.3) is 0 Å². The van der Waals surface area contributed by atoms with Crippen LogP contribution >= 0.6 is 0 Å². The van der Waals surface area contributed by atoms with Crippen molar-refractivity contribution in [1.82, 2.24) is 0 Å². The van der Waals surface area contributed by atoms with E-state index in [2.05, 4.69) is 0 Å². The van der Waals surface area contributed by atoms with Crippen LogP contribution in [0.2, 0.25) is 0 Å². The van der Waals surface area contributed by atoms with Gasteiger partial charge < -0.3 is 0 Å². The number of allylic oxidation sites excluding steroid dienone is 2. The molecule has 0 bridgehead atoms. The van der Waals surface area contributed by atoms with Crippen LogP contribution in [0.15, 0.2) is 48.6 Å². The van der Waals surface area contributed by atoms with Gasteiger partial charge in [-0.05, 0) is 13.8 Å². The summed E-state index contributed by atoms with van der Waals surface area (Å²) in [5, 5.41) is 0. The molecule has 0 heteroatoms. The van der Waals surface area contributed by atoms with E-state index in [1.54, 1.807) is 0 Å². The lowest BCUT2D eigenvalue weighted by Gasteiger charge is -1.69. The van der Waals surface area contributed by atoms with E-state index in [1.807, 2.05) is 62.4 Å². The molecule has 0 saturated heterocycles. The second-order valence-corrected chi connectivity index (χ2v) is 1.82.